The van der Waals surface area contributed by atoms with Gasteiger partial charge < -0.3 is 25.4 Å². The summed E-state index contributed by atoms with van der Waals surface area (Å²) in [6.07, 6.45) is 6.17. The number of rotatable bonds is 6. The molecule has 3 heterocycles. The average molecular weight is 422 g/mol. The topological polar surface area (TPSA) is 108 Å². The predicted molar refractivity (Wildman–Crippen MR) is 109 cm³/mol. The molecule has 4 rings (SSSR count). The minimum atomic E-state index is -0.986. The Balaban J connectivity index is 1.71. The molecule has 30 heavy (non-hydrogen) atoms. The minimum Gasteiger partial charge on any atom is -0.394 e. The zero-order valence-corrected chi connectivity index (χ0v) is 18.2. The third-order valence-corrected chi connectivity index (χ3v) is 7.80. The van der Waals surface area contributed by atoms with Gasteiger partial charge in [0.2, 0.25) is 17.7 Å². The number of ether oxygens (including phenoxy) is 1. The average Bonchev–Trinajstić information content (AvgIpc) is 3.36. The fourth-order valence-electron chi connectivity index (χ4n) is 6.36. The van der Waals surface area contributed by atoms with Crippen molar-refractivity contribution in [3.05, 3.63) is 0 Å². The van der Waals surface area contributed by atoms with Gasteiger partial charge in [0, 0.05) is 13.1 Å². The second kappa shape index (κ2) is 8.11. The summed E-state index contributed by atoms with van der Waals surface area (Å²) >= 11 is 0. The zero-order chi connectivity index (χ0) is 21.6. The molecule has 6 atom stereocenters. The summed E-state index contributed by atoms with van der Waals surface area (Å²) in [7, 11) is 1.57. The van der Waals surface area contributed by atoms with Gasteiger partial charge in [-0.05, 0) is 31.6 Å². The number of hydrogen-bond acceptors (Lipinski definition) is 5. The molecule has 0 aromatic rings. The molecule has 3 amide bonds. The van der Waals surface area contributed by atoms with Crippen LogP contribution in [-0.4, -0.2) is 71.2 Å². The number of nitrogens with zero attached hydrogens (tertiary/aromatic N) is 1. The van der Waals surface area contributed by atoms with Crippen LogP contribution in [0, 0.1) is 17.8 Å². The number of aliphatic hydroxyl groups excluding tert-OH is 1. The molecule has 0 aromatic carbocycles. The molecular weight excluding hydrogens is 386 g/mol. The van der Waals surface area contributed by atoms with Crippen LogP contribution in [0.5, 0.6) is 0 Å². The number of carbonyl (C=O) groups excluding carboxylic acids is 3. The highest BCUT2D eigenvalue weighted by Gasteiger charge is 2.75. The van der Waals surface area contributed by atoms with Gasteiger partial charge in [0.15, 0.2) is 0 Å². The SMILES string of the molecule is CNC(=O)[C@@H]1[C@H]2C(=O)N([C@@H](CO)C(C)C)C(C(=O)NC3CCCCC3)C23CC[C@H]1O3. The molecule has 4 aliphatic rings. The molecule has 3 saturated heterocycles. The highest BCUT2D eigenvalue weighted by atomic mass is 16.5. The Bertz CT molecular complexity index is 707. The van der Waals surface area contributed by atoms with Crippen LogP contribution in [-0.2, 0) is 19.1 Å². The second-order valence-electron chi connectivity index (χ2n) is 9.75. The van der Waals surface area contributed by atoms with Crippen molar-refractivity contribution in [2.75, 3.05) is 13.7 Å². The van der Waals surface area contributed by atoms with Gasteiger partial charge in [0.25, 0.3) is 0 Å². The van der Waals surface area contributed by atoms with Crippen LogP contribution in [0.25, 0.3) is 0 Å². The first-order chi connectivity index (χ1) is 14.4. The lowest BCUT2D eigenvalue weighted by Crippen LogP contribution is -2.60. The van der Waals surface area contributed by atoms with Gasteiger partial charge >= 0.3 is 0 Å². The van der Waals surface area contributed by atoms with Crippen molar-refractivity contribution in [3.63, 3.8) is 0 Å². The van der Waals surface area contributed by atoms with Crippen LogP contribution in [0.2, 0.25) is 0 Å². The van der Waals surface area contributed by atoms with Crippen LogP contribution in [0.1, 0.15) is 58.8 Å². The Morgan fingerprint density at radius 1 is 1.20 bits per heavy atom. The summed E-state index contributed by atoms with van der Waals surface area (Å²) in [6.45, 7) is 3.64. The number of amides is 3. The van der Waals surface area contributed by atoms with E-state index in [1.807, 2.05) is 13.8 Å². The number of fused-ring (bicyclic) bond motifs is 1. The standard InChI is InChI=1S/C22H35N3O5/c1-12(2)14(11-26)25-18(20(28)24-13-7-5-4-6-8-13)22-10-9-15(30-22)16(19(27)23-3)17(22)21(25)29/h12-18,26H,4-11H2,1-3H3,(H,23,27)(H,24,28)/t14-,15+,16-,17-,18?,22?/m0/s1. The van der Waals surface area contributed by atoms with Gasteiger partial charge in [0.05, 0.1) is 30.6 Å². The third-order valence-electron chi connectivity index (χ3n) is 7.80. The van der Waals surface area contributed by atoms with E-state index in [0.29, 0.717) is 12.8 Å². The van der Waals surface area contributed by atoms with E-state index in [1.54, 1.807) is 11.9 Å². The first-order valence-electron chi connectivity index (χ1n) is 11.5. The molecule has 3 N–H and O–H groups in total. The van der Waals surface area contributed by atoms with Crippen LogP contribution in [0.3, 0.4) is 0 Å². The van der Waals surface area contributed by atoms with Gasteiger partial charge in [-0.1, -0.05) is 33.1 Å². The van der Waals surface area contributed by atoms with Crippen molar-refractivity contribution in [1.82, 2.24) is 15.5 Å². The van der Waals surface area contributed by atoms with E-state index in [9.17, 15) is 19.5 Å². The lowest BCUT2D eigenvalue weighted by atomic mass is 9.70. The second-order valence-corrected chi connectivity index (χ2v) is 9.75. The summed E-state index contributed by atoms with van der Waals surface area (Å²) in [5, 5.41) is 16.0. The molecule has 8 heteroatoms. The van der Waals surface area contributed by atoms with Crippen molar-refractivity contribution in [2.24, 2.45) is 17.8 Å². The lowest BCUT2D eigenvalue weighted by Gasteiger charge is -2.39. The normalized spacial score (nSPS) is 36.8. The largest absolute Gasteiger partial charge is 0.394 e. The van der Waals surface area contributed by atoms with Crippen molar-refractivity contribution >= 4 is 17.7 Å². The molecule has 1 saturated carbocycles. The molecular formula is C22H35N3O5. The Morgan fingerprint density at radius 3 is 2.50 bits per heavy atom. The quantitative estimate of drug-likeness (QED) is 0.581. The van der Waals surface area contributed by atoms with E-state index in [4.69, 9.17) is 4.74 Å². The maximum atomic E-state index is 13.7. The Kier molecular flexibility index (Phi) is 5.83. The van der Waals surface area contributed by atoms with Gasteiger partial charge in [-0.25, -0.2) is 0 Å². The fraction of sp³-hybridized carbons (Fsp3) is 0.864. The molecule has 1 spiro atoms. The van der Waals surface area contributed by atoms with Crippen molar-refractivity contribution in [2.45, 2.75) is 88.6 Å². The Morgan fingerprint density at radius 2 is 1.90 bits per heavy atom. The Hall–Kier alpha value is -1.67. The van der Waals surface area contributed by atoms with Crippen LogP contribution >= 0.6 is 0 Å². The van der Waals surface area contributed by atoms with Gasteiger partial charge in [0.1, 0.15) is 11.6 Å². The number of carbonyl (C=O) groups is 3. The third kappa shape index (κ3) is 3.14. The summed E-state index contributed by atoms with van der Waals surface area (Å²) in [5.41, 5.74) is -0.986. The monoisotopic (exact) mass is 421 g/mol. The highest BCUT2D eigenvalue weighted by molar-refractivity contribution is 5.99. The van der Waals surface area contributed by atoms with E-state index in [-0.39, 0.29) is 42.4 Å². The highest BCUT2D eigenvalue weighted by Crippen LogP contribution is 2.59. The molecule has 2 bridgehead atoms. The van der Waals surface area contributed by atoms with Gasteiger partial charge in [-0.3, -0.25) is 14.4 Å². The van der Waals surface area contributed by atoms with E-state index in [1.165, 1.54) is 6.42 Å². The maximum Gasteiger partial charge on any atom is 0.246 e. The summed E-state index contributed by atoms with van der Waals surface area (Å²) < 4.78 is 6.35. The molecule has 168 valence electrons. The minimum absolute atomic E-state index is 0.0326. The van der Waals surface area contributed by atoms with Crippen LogP contribution in [0.15, 0.2) is 0 Å². The molecule has 2 unspecified atom stereocenters. The first-order valence-corrected chi connectivity index (χ1v) is 11.5. The predicted octanol–water partition coefficient (Wildman–Crippen LogP) is 0.573. The molecule has 4 fully saturated rings. The van der Waals surface area contributed by atoms with E-state index >= 15 is 0 Å². The number of aliphatic hydroxyl groups is 1. The van der Waals surface area contributed by atoms with E-state index in [0.717, 1.165) is 25.7 Å². The Labute approximate surface area is 178 Å². The van der Waals surface area contributed by atoms with Crippen molar-refractivity contribution in [1.29, 1.82) is 0 Å². The van der Waals surface area contributed by atoms with Crippen LogP contribution in [0.4, 0.5) is 0 Å². The van der Waals surface area contributed by atoms with Gasteiger partial charge in [-0.15, -0.1) is 0 Å². The summed E-state index contributed by atoms with van der Waals surface area (Å²) in [6, 6.07) is -1.19. The number of likely N-dealkylation sites (tertiary alicyclic amines) is 1. The zero-order valence-electron chi connectivity index (χ0n) is 18.2. The maximum absolute atomic E-state index is 13.7. The van der Waals surface area contributed by atoms with Crippen molar-refractivity contribution in [3.8, 4) is 0 Å². The smallest absolute Gasteiger partial charge is 0.246 e. The van der Waals surface area contributed by atoms with Gasteiger partial charge in [-0.2, -0.15) is 0 Å². The fourth-order valence-corrected chi connectivity index (χ4v) is 6.36. The lowest BCUT2D eigenvalue weighted by molar-refractivity contribution is -0.147. The summed E-state index contributed by atoms with van der Waals surface area (Å²) in [4.78, 5) is 41.5. The van der Waals surface area contributed by atoms with Crippen LogP contribution < -0.4 is 10.6 Å². The van der Waals surface area contributed by atoms with E-state index in [2.05, 4.69) is 10.6 Å². The molecule has 0 radical (unpaired) electrons. The number of nitrogens with one attached hydrogen (secondary N) is 2. The molecule has 8 nitrogen and oxygen atoms in total. The molecule has 0 aromatic heterocycles. The van der Waals surface area contributed by atoms with E-state index < -0.39 is 29.5 Å². The number of hydrogen-bond donors (Lipinski definition) is 3. The molecule has 3 aliphatic heterocycles. The first kappa shape index (κ1) is 21.6. The van der Waals surface area contributed by atoms with Crippen molar-refractivity contribution < 1.29 is 24.2 Å². The summed E-state index contributed by atoms with van der Waals surface area (Å²) in [5.74, 6) is -1.94. The molecule has 1 aliphatic carbocycles.